The second kappa shape index (κ2) is 14.9. The fourth-order valence-electron chi connectivity index (χ4n) is 6.81. The Morgan fingerprint density at radius 2 is 1.34 bits per heavy atom. The van der Waals surface area contributed by atoms with Gasteiger partial charge >= 0.3 is 0 Å². The zero-order valence-corrected chi connectivity index (χ0v) is 25.8. The number of para-hydroxylation sites is 1. The van der Waals surface area contributed by atoms with Crippen molar-refractivity contribution in [2.45, 2.75) is 135 Å². The summed E-state index contributed by atoms with van der Waals surface area (Å²) in [6, 6.07) is 13.5. The molecular formula is C36H52N2O3. The molecule has 0 saturated carbocycles. The van der Waals surface area contributed by atoms with Crippen LogP contribution >= 0.6 is 0 Å². The third kappa shape index (κ3) is 7.34. The summed E-state index contributed by atoms with van der Waals surface area (Å²) in [5.41, 5.74) is 2.43. The molecule has 2 aromatic carbocycles. The van der Waals surface area contributed by atoms with Crippen molar-refractivity contribution in [3.63, 3.8) is 0 Å². The second-order valence-corrected chi connectivity index (χ2v) is 12.7. The van der Waals surface area contributed by atoms with Gasteiger partial charge in [-0.05, 0) is 50.1 Å². The molecular weight excluding hydrogens is 508 g/mol. The van der Waals surface area contributed by atoms with E-state index in [1.165, 1.54) is 108 Å². The topological polar surface area (TPSA) is 55.6 Å². The Balaban J connectivity index is 1.22. The molecule has 0 N–H and O–H groups in total. The second-order valence-electron chi connectivity index (χ2n) is 12.7. The lowest BCUT2D eigenvalue weighted by atomic mass is 9.76. The van der Waals surface area contributed by atoms with Crippen LogP contribution in [0.3, 0.4) is 0 Å². The van der Waals surface area contributed by atoms with Gasteiger partial charge in [0.05, 0.1) is 10.3 Å². The highest BCUT2D eigenvalue weighted by molar-refractivity contribution is 5.73. The minimum atomic E-state index is -0.657. The van der Waals surface area contributed by atoms with Crippen LogP contribution in [0.4, 0.5) is 11.4 Å². The maximum Gasteiger partial charge on any atom is 0.270 e. The first-order valence-corrected chi connectivity index (χ1v) is 16.4. The highest BCUT2D eigenvalue weighted by Gasteiger charge is 2.58. The van der Waals surface area contributed by atoms with E-state index in [2.05, 4.69) is 56.0 Å². The van der Waals surface area contributed by atoms with E-state index in [0.29, 0.717) is 5.75 Å². The number of nitro benzene ring substituents is 1. The van der Waals surface area contributed by atoms with Crippen molar-refractivity contribution in [2.24, 2.45) is 0 Å². The van der Waals surface area contributed by atoms with E-state index < -0.39 is 5.72 Å². The number of benzene rings is 2. The Morgan fingerprint density at radius 1 is 0.780 bits per heavy atom. The Hall–Kier alpha value is -2.82. The lowest BCUT2D eigenvalue weighted by Gasteiger charge is -2.47. The van der Waals surface area contributed by atoms with Crippen molar-refractivity contribution in [1.29, 1.82) is 0 Å². The molecule has 1 spiro atoms. The zero-order chi connectivity index (χ0) is 29.1. The molecule has 0 aliphatic carbocycles. The number of nitrogens with zero attached hydrogens (tertiary/aromatic N) is 2. The third-order valence-corrected chi connectivity index (χ3v) is 9.36. The van der Waals surface area contributed by atoms with E-state index in [9.17, 15) is 10.1 Å². The average molecular weight is 561 g/mol. The van der Waals surface area contributed by atoms with Crippen molar-refractivity contribution in [3.8, 4) is 5.75 Å². The van der Waals surface area contributed by atoms with Crippen molar-refractivity contribution in [3.05, 3.63) is 69.8 Å². The smallest absolute Gasteiger partial charge is 0.270 e. The molecule has 2 aliphatic rings. The first-order chi connectivity index (χ1) is 19.9. The van der Waals surface area contributed by atoms with Crippen LogP contribution < -0.4 is 9.64 Å². The van der Waals surface area contributed by atoms with Crippen molar-refractivity contribution < 1.29 is 9.66 Å². The van der Waals surface area contributed by atoms with Gasteiger partial charge in [0.15, 0.2) is 0 Å². The van der Waals surface area contributed by atoms with Gasteiger partial charge in [0.25, 0.3) is 5.69 Å². The summed E-state index contributed by atoms with van der Waals surface area (Å²) in [5, 5.41) is 11.3. The van der Waals surface area contributed by atoms with Crippen LogP contribution in [-0.2, 0) is 5.41 Å². The molecule has 0 bridgehead atoms. The van der Waals surface area contributed by atoms with Crippen molar-refractivity contribution in [1.82, 2.24) is 0 Å². The predicted molar refractivity (Wildman–Crippen MR) is 172 cm³/mol. The van der Waals surface area contributed by atoms with E-state index in [1.54, 1.807) is 18.2 Å². The summed E-state index contributed by atoms with van der Waals surface area (Å²) in [7, 11) is 0. The van der Waals surface area contributed by atoms with Crippen LogP contribution in [0.1, 0.15) is 135 Å². The van der Waals surface area contributed by atoms with Crippen LogP contribution in [0, 0.1) is 10.1 Å². The van der Waals surface area contributed by atoms with Crippen molar-refractivity contribution >= 4 is 17.5 Å². The molecule has 2 aromatic rings. The van der Waals surface area contributed by atoms with Gasteiger partial charge in [-0.3, -0.25) is 10.1 Å². The highest BCUT2D eigenvalue weighted by Crippen LogP contribution is 2.55. The maximum atomic E-state index is 11.3. The third-order valence-electron chi connectivity index (χ3n) is 9.36. The Labute approximate surface area is 248 Å². The molecule has 0 radical (unpaired) electrons. The van der Waals surface area contributed by atoms with Gasteiger partial charge in [0, 0.05) is 29.9 Å². The summed E-state index contributed by atoms with van der Waals surface area (Å²) >= 11 is 0. The van der Waals surface area contributed by atoms with Gasteiger partial charge in [-0.25, -0.2) is 0 Å². The summed E-state index contributed by atoms with van der Waals surface area (Å²) in [5.74, 6) is 0.705. The molecule has 2 aliphatic heterocycles. The fourth-order valence-corrected chi connectivity index (χ4v) is 6.81. The largest absolute Gasteiger partial charge is 0.463 e. The molecule has 5 nitrogen and oxygen atoms in total. The molecule has 0 amide bonds. The highest BCUT2D eigenvalue weighted by atomic mass is 16.6. The number of hydrogen-bond donors (Lipinski definition) is 0. The quantitative estimate of drug-likeness (QED) is 0.103. The number of fused-ring (bicyclic) bond motifs is 2. The Bertz CT molecular complexity index is 1160. The molecule has 2 heterocycles. The molecule has 224 valence electrons. The first-order valence-electron chi connectivity index (χ1n) is 16.4. The molecule has 41 heavy (non-hydrogen) atoms. The Morgan fingerprint density at radius 3 is 1.93 bits per heavy atom. The summed E-state index contributed by atoms with van der Waals surface area (Å²) in [6.45, 7) is 7.71. The number of non-ortho nitro benzene ring substituents is 1. The van der Waals surface area contributed by atoms with Crippen LogP contribution in [0.15, 0.2) is 48.5 Å². The van der Waals surface area contributed by atoms with Crippen LogP contribution in [-0.4, -0.2) is 17.2 Å². The zero-order valence-electron chi connectivity index (χ0n) is 25.8. The molecule has 0 aromatic heterocycles. The summed E-state index contributed by atoms with van der Waals surface area (Å²) < 4.78 is 6.82. The summed E-state index contributed by atoms with van der Waals surface area (Å²) in [6.07, 6.45) is 25.9. The molecule has 1 atom stereocenters. The number of rotatable bonds is 18. The van der Waals surface area contributed by atoms with Gasteiger partial charge in [0.2, 0.25) is 5.72 Å². The minimum absolute atomic E-state index is 0.0898. The lowest BCUT2D eigenvalue weighted by Crippen LogP contribution is -2.59. The van der Waals surface area contributed by atoms with E-state index in [4.69, 9.17) is 4.74 Å². The minimum Gasteiger partial charge on any atom is -0.463 e. The van der Waals surface area contributed by atoms with Gasteiger partial charge in [0.1, 0.15) is 5.75 Å². The van der Waals surface area contributed by atoms with Crippen LogP contribution in [0.5, 0.6) is 5.75 Å². The van der Waals surface area contributed by atoms with E-state index >= 15 is 0 Å². The average Bonchev–Trinajstić information content (AvgIpc) is 3.15. The number of anilines is 1. The maximum absolute atomic E-state index is 11.3. The lowest BCUT2D eigenvalue weighted by molar-refractivity contribution is -0.384. The fraction of sp³-hybridized carbons (Fsp3) is 0.611. The van der Waals surface area contributed by atoms with Crippen LogP contribution in [0.25, 0.3) is 6.08 Å². The SMILES string of the molecule is CCCCCCCCCCCCCCCCCCN1c2ccccc2C(C)(C)[C@]12C=Cc1cc([N+](=O)[O-])ccc1O2. The van der Waals surface area contributed by atoms with Gasteiger partial charge in [-0.1, -0.05) is 121 Å². The number of nitro groups is 1. The molecule has 0 fully saturated rings. The number of hydrogen-bond acceptors (Lipinski definition) is 4. The van der Waals surface area contributed by atoms with Gasteiger partial charge in [-0.15, -0.1) is 0 Å². The number of unbranched alkanes of at least 4 members (excludes halogenated alkanes) is 15. The standard InChI is InChI=1S/C36H52N2O3/c1-4-5-6-7-8-9-10-11-12-13-14-15-16-17-18-21-28-37-33-23-20-19-22-32(33)35(2,3)36(37)27-26-30-29-31(38(39)40)24-25-34(30)41-36/h19-20,22-27,29H,4-18,21,28H2,1-3H3/t36-/m1/s1. The normalized spacial score (nSPS) is 18.4. The Kier molecular flexibility index (Phi) is 11.3. The first kappa shape index (κ1) is 31.1. The molecule has 4 rings (SSSR count). The predicted octanol–water partition coefficient (Wildman–Crippen LogP) is 10.8. The molecule has 5 heteroatoms. The van der Waals surface area contributed by atoms with Crippen LogP contribution in [0.2, 0.25) is 0 Å². The molecule has 0 unspecified atom stereocenters. The van der Waals surface area contributed by atoms with E-state index in [0.717, 1.165) is 18.5 Å². The molecule has 0 saturated heterocycles. The van der Waals surface area contributed by atoms with Gasteiger partial charge < -0.3 is 9.64 Å². The van der Waals surface area contributed by atoms with E-state index in [-0.39, 0.29) is 16.0 Å². The summed E-state index contributed by atoms with van der Waals surface area (Å²) in [4.78, 5) is 13.4. The monoisotopic (exact) mass is 560 g/mol. The van der Waals surface area contributed by atoms with Crippen molar-refractivity contribution in [2.75, 3.05) is 11.4 Å². The number of ether oxygens (including phenoxy) is 1. The van der Waals surface area contributed by atoms with Gasteiger partial charge in [-0.2, -0.15) is 0 Å². The van der Waals surface area contributed by atoms with E-state index in [1.807, 2.05) is 6.08 Å².